The van der Waals surface area contributed by atoms with Crippen molar-refractivity contribution in [2.45, 2.75) is 32.2 Å². The van der Waals surface area contributed by atoms with Crippen LogP contribution >= 0.6 is 0 Å². The Kier molecular flexibility index (Phi) is 4.06. The van der Waals surface area contributed by atoms with E-state index in [1.54, 1.807) is 0 Å². The summed E-state index contributed by atoms with van der Waals surface area (Å²) in [5.41, 5.74) is 1.84. The summed E-state index contributed by atoms with van der Waals surface area (Å²) in [5, 5.41) is 3.59. The molecule has 0 spiro atoms. The first-order chi connectivity index (χ1) is 9.78. The molecular formula is C17H23NO2. The molecule has 2 saturated carbocycles. The highest BCUT2D eigenvalue weighted by atomic mass is 16.5. The van der Waals surface area contributed by atoms with Gasteiger partial charge in [0, 0.05) is 6.54 Å². The lowest BCUT2D eigenvalue weighted by Gasteiger charge is -2.16. The summed E-state index contributed by atoms with van der Waals surface area (Å²) in [4.78, 5) is 11.4. The summed E-state index contributed by atoms with van der Waals surface area (Å²) in [7, 11) is 1.41. The van der Waals surface area contributed by atoms with E-state index in [1.165, 1.54) is 38.4 Å². The number of carbonyl (C=O) groups is 1. The van der Waals surface area contributed by atoms with Crippen molar-refractivity contribution in [3.05, 3.63) is 35.4 Å². The quantitative estimate of drug-likeness (QED) is 0.776. The van der Waals surface area contributed by atoms with Crippen LogP contribution in [0.2, 0.25) is 0 Å². The van der Waals surface area contributed by atoms with Gasteiger partial charge in [-0.3, -0.25) is 0 Å². The number of carbonyl (C=O) groups excluding carboxylic acids is 1. The van der Waals surface area contributed by atoms with Gasteiger partial charge in [0.1, 0.15) is 0 Å². The van der Waals surface area contributed by atoms with Crippen molar-refractivity contribution in [2.75, 3.05) is 13.7 Å². The molecule has 20 heavy (non-hydrogen) atoms. The lowest BCUT2D eigenvalue weighted by atomic mass is 9.98. The van der Waals surface area contributed by atoms with Crippen LogP contribution in [0.25, 0.3) is 0 Å². The van der Waals surface area contributed by atoms with E-state index < -0.39 is 0 Å². The fourth-order valence-electron chi connectivity index (χ4n) is 3.03. The van der Waals surface area contributed by atoms with Gasteiger partial charge in [0.15, 0.2) is 0 Å². The van der Waals surface area contributed by atoms with Crippen molar-refractivity contribution in [3.8, 4) is 0 Å². The fourth-order valence-corrected chi connectivity index (χ4v) is 3.03. The molecule has 0 saturated heterocycles. The Labute approximate surface area is 120 Å². The molecule has 3 rings (SSSR count). The Balaban J connectivity index is 1.46. The van der Waals surface area contributed by atoms with E-state index in [1.807, 2.05) is 24.3 Å². The van der Waals surface area contributed by atoms with E-state index in [9.17, 15) is 4.79 Å². The SMILES string of the molecule is COC(=O)c1ccc(CNCC(C2CC2)C2CC2)cc1. The van der Waals surface area contributed by atoms with E-state index in [-0.39, 0.29) is 5.97 Å². The molecule has 3 heteroatoms. The van der Waals surface area contributed by atoms with E-state index in [2.05, 4.69) is 5.32 Å². The summed E-state index contributed by atoms with van der Waals surface area (Å²) in [6.45, 7) is 2.03. The monoisotopic (exact) mass is 273 g/mol. The number of methoxy groups -OCH3 is 1. The summed E-state index contributed by atoms with van der Waals surface area (Å²) < 4.78 is 4.70. The van der Waals surface area contributed by atoms with Crippen molar-refractivity contribution in [3.63, 3.8) is 0 Å². The predicted molar refractivity (Wildman–Crippen MR) is 78.4 cm³/mol. The van der Waals surface area contributed by atoms with Crippen LogP contribution in [-0.2, 0) is 11.3 Å². The molecule has 0 bridgehead atoms. The molecule has 1 N–H and O–H groups in total. The average molecular weight is 273 g/mol. The third-order valence-corrected chi connectivity index (χ3v) is 4.54. The number of hydrogen-bond donors (Lipinski definition) is 1. The minimum absolute atomic E-state index is 0.271. The maximum atomic E-state index is 11.4. The summed E-state index contributed by atoms with van der Waals surface area (Å²) >= 11 is 0. The van der Waals surface area contributed by atoms with Crippen molar-refractivity contribution in [1.82, 2.24) is 5.32 Å². The third kappa shape index (κ3) is 3.40. The van der Waals surface area contributed by atoms with Crippen LogP contribution in [0.4, 0.5) is 0 Å². The molecule has 0 radical (unpaired) electrons. The van der Waals surface area contributed by atoms with Gasteiger partial charge in [-0.25, -0.2) is 4.79 Å². The van der Waals surface area contributed by atoms with Crippen LogP contribution in [0.15, 0.2) is 24.3 Å². The van der Waals surface area contributed by atoms with E-state index in [0.717, 1.165) is 30.8 Å². The molecular weight excluding hydrogens is 250 g/mol. The normalized spacial score (nSPS) is 18.3. The van der Waals surface area contributed by atoms with Crippen molar-refractivity contribution >= 4 is 5.97 Å². The smallest absolute Gasteiger partial charge is 0.337 e. The molecule has 2 fully saturated rings. The van der Waals surface area contributed by atoms with Gasteiger partial charge in [-0.1, -0.05) is 12.1 Å². The van der Waals surface area contributed by atoms with Crippen LogP contribution in [0.1, 0.15) is 41.6 Å². The van der Waals surface area contributed by atoms with Gasteiger partial charge in [0.05, 0.1) is 12.7 Å². The maximum Gasteiger partial charge on any atom is 0.337 e. The number of rotatable bonds is 7. The molecule has 0 unspecified atom stereocenters. The molecule has 1 aromatic carbocycles. The van der Waals surface area contributed by atoms with Crippen molar-refractivity contribution in [1.29, 1.82) is 0 Å². The minimum Gasteiger partial charge on any atom is -0.465 e. The molecule has 2 aliphatic rings. The minimum atomic E-state index is -0.271. The number of benzene rings is 1. The second-order valence-corrected chi connectivity index (χ2v) is 6.16. The number of ether oxygens (including phenoxy) is 1. The highest BCUT2D eigenvalue weighted by Crippen LogP contribution is 2.48. The van der Waals surface area contributed by atoms with Gasteiger partial charge >= 0.3 is 5.97 Å². The van der Waals surface area contributed by atoms with Crippen LogP contribution in [0.3, 0.4) is 0 Å². The Bertz CT molecular complexity index is 448. The molecule has 0 amide bonds. The lowest BCUT2D eigenvalue weighted by Crippen LogP contribution is -2.25. The summed E-state index contributed by atoms with van der Waals surface area (Å²) in [6.07, 6.45) is 5.76. The van der Waals surface area contributed by atoms with Gasteiger partial charge in [-0.2, -0.15) is 0 Å². The van der Waals surface area contributed by atoms with E-state index in [0.29, 0.717) is 5.56 Å². The molecule has 3 nitrogen and oxygen atoms in total. The molecule has 2 aliphatic carbocycles. The molecule has 0 aromatic heterocycles. The van der Waals surface area contributed by atoms with Crippen LogP contribution in [-0.4, -0.2) is 19.6 Å². The average Bonchev–Trinajstić information content (AvgIpc) is 3.37. The zero-order valence-electron chi connectivity index (χ0n) is 12.1. The highest BCUT2D eigenvalue weighted by Gasteiger charge is 2.40. The molecule has 0 atom stereocenters. The van der Waals surface area contributed by atoms with E-state index in [4.69, 9.17) is 4.74 Å². The first-order valence-electron chi connectivity index (χ1n) is 7.66. The van der Waals surface area contributed by atoms with E-state index >= 15 is 0 Å². The van der Waals surface area contributed by atoms with Gasteiger partial charge < -0.3 is 10.1 Å². The molecule has 0 aliphatic heterocycles. The summed E-state index contributed by atoms with van der Waals surface area (Å²) in [5.74, 6) is 2.63. The van der Waals surface area contributed by atoms with Crippen molar-refractivity contribution in [2.24, 2.45) is 17.8 Å². The van der Waals surface area contributed by atoms with Gasteiger partial charge in [-0.05, 0) is 67.7 Å². The van der Waals surface area contributed by atoms with Gasteiger partial charge in [-0.15, -0.1) is 0 Å². The molecule has 0 heterocycles. The first-order valence-corrected chi connectivity index (χ1v) is 7.66. The van der Waals surface area contributed by atoms with Crippen molar-refractivity contribution < 1.29 is 9.53 Å². The predicted octanol–water partition coefficient (Wildman–Crippen LogP) is 3.00. The first kappa shape index (κ1) is 13.6. The Morgan fingerprint density at radius 3 is 2.30 bits per heavy atom. The zero-order chi connectivity index (χ0) is 13.9. The largest absolute Gasteiger partial charge is 0.465 e. The second kappa shape index (κ2) is 5.96. The maximum absolute atomic E-state index is 11.4. The third-order valence-electron chi connectivity index (χ3n) is 4.54. The number of nitrogens with one attached hydrogen (secondary N) is 1. The van der Waals surface area contributed by atoms with Gasteiger partial charge in [0.2, 0.25) is 0 Å². The standard InChI is InChI=1S/C17H23NO2/c1-20-17(19)15-4-2-12(3-5-15)10-18-11-16(13-6-7-13)14-8-9-14/h2-5,13-14,16,18H,6-11H2,1H3. The Morgan fingerprint density at radius 2 is 1.80 bits per heavy atom. The zero-order valence-corrected chi connectivity index (χ0v) is 12.1. The Morgan fingerprint density at radius 1 is 1.20 bits per heavy atom. The summed E-state index contributed by atoms with van der Waals surface area (Å²) in [6, 6.07) is 7.68. The lowest BCUT2D eigenvalue weighted by molar-refractivity contribution is 0.0600. The Hall–Kier alpha value is -1.35. The number of esters is 1. The van der Waals surface area contributed by atoms with Crippen LogP contribution in [0, 0.1) is 17.8 Å². The van der Waals surface area contributed by atoms with Crippen LogP contribution < -0.4 is 5.32 Å². The van der Waals surface area contributed by atoms with Crippen LogP contribution in [0.5, 0.6) is 0 Å². The molecule has 1 aromatic rings. The highest BCUT2D eigenvalue weighted by molar-refractivity contribution is 5.89. The topological polar surface area (TPSA) is 38.3 Å². The van der Waals surface area contributed by atoms with Gasteiger partial charge in [0.25, 0.3) is 0 Å². The fraction of sp³-hybridized carbons (Fsp3) is 0.588. The second-order valence-electron chi connectivity index (χ2n) is 6.16. The molecule has 108 valence electrons. The number of hydrogen-bond acceptors (Lipinski definition) is 3.